The van der Waals surface area contributed by atoms with Crippen LogP contribution in [-0.2, 0) is 0 Å². The van der Waals surface area contributed by atoms with E-state index in [2.05, 4.69) is 4.98 Å². The second-order valence-electron chi connectivity index (χ2n) is 3.51. The second-order valence-corrected chi connectivity index (χ2v) is 3.51. The monoisotopic (exact) mass is 228 g/mol. The van der Waals surface area contributed by atoms with Crippen LogP contribution in [0.25, 0.3) is 11.3 Å². The Morgan fingerprint density at radius 2 is 1.88 bits per heavy atom. The van der Waals surface area contributed by atoms with E-state index in [-0.39, 0.29) is 0 Å². The molecule has 0 atom stereocenters. The highest BCUT2D eigenvalue weighted by Crippen LogP contribution is 2.19. The SMILES string of the molecule is COc1cccc(-c2ccc(C(N)=O)cc2)n1. The molecular weight excluding hydrogens is 216 g/mol. The molecule has 1 aromatic carbocycles. The van der Waals surface area contributed by atoms with E-state index in [0.717, 1.165) is 11.3 Å². The number of ether oxygens (including phenoxy) is 1. The van der Waals surface area contributed by atoms with Crippen LogP contribution < -0.4 is 10.5 Å². The van der Waals surface area contributed by atoms with Gasteiger partial charge in [0.05, 0.1) is 12.8 Å². The number of nitrogens with zero attached hydrogens (tertiary/aromatic N) is 1. The van der Waals surface area contributed by atoms with Crippen LogP contribution in [0.4, 0.5) is 0 Å². The van der Waals surface area contributed by atoms with E-state index in [0.29, 0.717) is 11.4 Å². The first-order chi connectivity index (χ1) is 8.20. The number of hydrogen-bond donors (Lipinski definition) is 1. The average Bonchev–Trinajstić information content (AvgIpc) is 2.39. The fraction of sp³-hybridized carbons (Fsp3) is 0.0769. The molecule has 0 fully saturated rings. The predicted octanol–water partition coefficient (Wildman–Crippen LogP) is 1.86. The topological polar surface area (TPSA) is 65.2 Å². The fourth-order valence-corrected chi connectivity index (χ4v) is 1.49. The molecule has 0 saturated heterocycles. The maximum absolute atomic E-state index is 10.9. The van der Waals surface area contributed by atoms with Crippen molar-refractivity contribution in [1.29, 1.82) is 0 Å². The van der Waals surface area contributed by atoms with Gasteiger partial charge in [-0.25, -0.2) is 4.98 Å². The Morgan fingerprint density at radius 3 is 2.47 bits per heavy atom. The largest absolute Gasteiger partial charge is 0.481 e. The van der Waals surface area contributed by atoms with Gasteiger partial charge in [0.15, 0.2) is 0 Å². The molecule has 4 nitrogen and oxygen atoms in total. The number of primary amides is 1. The first-order valence-electron chi connectivity index (χ1n) is 5.12. The minimum absolute atomic E-state index is 0.435. The molecule has 0 radical (unpaired) electrons. The molecule has 0 aliphatic heterocycles. The van der Waals surface area contributed by atoms with Gasteiger partial charge >= 0.3 is 0 Å². The third-order valence-corrected chi connectivity index (χ3v) is 2.40. The zero-order valence-electron chi connectivity index (χ0n) is 9.38. The van der Waals surface area contributed by atoms with Crippen molar-refractivity contribution in [3.63, 3.8) is 0 Å². The number of benzene rings is 1. The Morgan fingerprint density at radius 1 is 1.18 bits per heavy atom. The van der Waals surface area contributed by atoms with E-state index in [9.17, 15) is 4.79 Å². The predicted molar refractivity (Wildman–Crippen MR) is 64.7 cm³/mol. The first kappa shape index (κ1) is 11.1. The Kier molecular flexibility index (Phi) is 3.05. The minimum Gasteiger partial charge on any atom is -0.481 e. The van der Waals surface area contributed by atoms with Crippen LogP contribution in [0.3, 0.4) is 0 Å². The highest BCUT2D eigenvalue weighted by molar-refractivity contribution is 5.93. The lowest BCUT2D eigenvalue weighted by atomic mass is 10.1. The fourth-order valence-electron chi connectivity index (χ4n) is 1.49. The molecule has 2 aromatic rings. The molecule has 0 unspecified atom stereocenters. The molecule has 1 aromatic heterocycles. The molecule has 86 valence electrons. The molecule has 4 heteroatoms. The lowest BCUT2D eigenvalue weighted by molar-refractivity contribution is 0.100. The van der Waals surface area contributed by atoms with Crippen LogP contribution in [0, 0.1) is 0 Å². The molecule has 2 rings (SSSR count). The van der Waals surface area contributed by atoms with Crippen molar-refractivity contribution in [2.75, 3.05) is 7.11 Å². The molecule has 17 heavy (non-hydrogen) atoms. The van der Waals surface area contributed by atoms with Gasteiger partial charge in [-0.15, -0.1) is 0 Å². The van der Waals surface area contributed by atoms with Crippen LogP contribution in [-0.4, -0.2) is 18.0 Å². The van der Waals surface area contributed by atoms with Gasteiger partial charge in [0.2, 0.25) is 11.8 Å². The minimum atomic E-state index is -0.435. The van der Waals surface area contributed by atoms with E-state index in [1.54, 1.807) is 25.3 Å². The quantitative estimate of drug-likeness (QED) is 0.871. The number of methoxy groups -OCH3 is 1. The van der Waals surface area contributed by atoms with Gasteiger partial charge in [-0.2, -0.15) is 0 Å². The number of pyridine rings is 1. The van der Waals surface area contributed by atoms with Crippen LogP contribution in [0.5, 0.6) is 5.88 Å². The molecule has 2 N–H and O–H groups in total. The summed E-state index contributed by atoms with van der Waals surface area (Å²) < 4.78 is 5.05. The van der Waals surface area contributed by atoms with Gasteiger partial charge in [0, 0.05) is 17.2 Å². The Bertz CT molecular complexity index is 535. The van der Waals surface area contributed by atoms with Crippen molar-refractivity contribution >= 4 is 5.91 Å². The van der Waals surface area contributed by atoms with Gasteiger partial charge in [-0.3, -0.25) is 4.79 Å². The molecule has 0 bridgehead atoms. The van der Waals surface area contributed by atoms with E-state index in [4.69, 9.17) is 10.5 Å². The Balaban J connectivity index is 2.36. The molecule has 1 amide bonds. The Labute approximate surface area is 99.1 Å². The zero-order valence-corrected chi connectivity index (χ0v) is 9.38. The van der Waals surface area contributed by atoms with Gasteiger partial charge in [0.1, 0.15) is 0 Å². The lowest BCUT2D eigenvalue weighted by Gasteiger charge is -2.04. The van der Waals surface area contributed by atoms with E-state index < -0.39 is 5.91 Å². The third-order valence-electron chi connectivity index (χ3n) is 2.40. The van der Waals surface area contributed by atoms with Crippen molar-refractivity contribution in [1.82, 2.24) is 4.98 Å². The summed E-state index contributed by atoms with van der Waals surface area (Å²) >= 11 is 0. The number of aromatic nitrogens is 1. The van der Waals surface area contributed by atoms with Gasteiger partial charge < -0.3 is 10.5 Å². The van der Waals surface area contributed by atoms with Crippen LogP contribution in [0.15, 0.2) is 42.5 Å². The molecule has 0 saturated carbocycles. The number of amides is 1. The molecule has 1 heterocycles. The smallest absolute Gasteiger partial charge is 0.248 e. The van der Waals surface area contributed by atoms with E-state index in [1.807, 2.05) is 24.3 Å². The number of hydrogen-bond acceptors (Lipinski definition) is 3. The number of rotatable bonds is 3. The summed E-state index contributed by atoms with van der Waals surface area (Å²) in [5, 5.41) is 0. The van der Waals surface area contributed by atoms with Gasteiger partial charge in [-0.1, -0.05) is 18.2 Å². The van der Waals surface area contributed by atoms with Crippen LogP contribution in [0.2, 0.25) is 0 Å². The van der Waals surface area contributed by atoms with Crippen LogP contribution in [0.1, 0.15) is 10.4 Å². The van der Waals surface area contributed by atoms with E-state index in [1.165, 1.54) is 0 Å². The lowest BCUT2D eigenvalue weighted by Crippen LogP contribution is -2.10. The number of carbonyl (C=O) groups is 1. The summed E-state index contributed by atoms with van der Waals surface area (Å²) in [7, 11) is 1.57. The normalized spacial score (nSPS) is 9.94. The third kappa shape index (κ3) is 2.42. The standard InChI is InChI=1S/C13H12N2O2/c1-17-12-4-2-3-11(15-12)9-5-7-10(8-6-9)13(14)16/h2-8H,1H3,(H2,14,16). The van der Waals surface area contributed by atoms with Crippen molar-refractivity contribution in [2.45, 2.75) is 0 Å². The second kappa shape index (κ2) is 4.65. The van der Waals surface area contributed by atoms with Crippen molar-refractivity contribution in [2.24, 2.45) is 5.73 Å². The maximum Gasteiger partial charge on any atom is 0.248 e. The number of nitrogens with two attached hydrogens (primary N) is 1. The summed E-state index contributed by atoms with van der Waals surface area (Å²) in [5.41, 5.74) is 7.36. The molecule has 0 spiro atoms. The zero-order chi connectivity index (χ0) is 12.3. The maximum atomic E-state index is 10.9. The van der Waals surface area contributed by atoms with E-state index >= 15 is 0 Å². The first-order valence-corrected chi connectivity index (χ1v) is 5.12. The number of carbonyl (C=O) groups excluding carboxylic acids is 1. The van der Waals surface area contributed by atoms with Gasteiger partial charge in [-0.05, 0) is 18.2 Å². The summed E-state index contributed by atoms with van der Waals surface area (Å²) in [6.45, 7) is 0. The highest BCUT2D eigenvalue weighted by atomic mass is 16.5. The van der Waals surface area contributed by atoms with Crippen molar-refractivity contribution in [3.05, 3.63) is 48.0 Å². The Hall–Kier alpha value is -2.36. The van der Waals surface area contributed by atoms with Gasteiger partial charge in [0.25, 0.3) is 0 Å². The summed E-state index contributed by atoms with van der Waals surface area (Å²) in [5.74, 6) is 0.122. The molecular formula is C13H12N2O2. The highest BCUT2D eigenvalue weighted by Gasteiger charge is 2.03. The summed E-state index contributed by atoms with van der Waals surface area (Å²) in [4.78, 5) is 15.2. The van der Waals surface area contributed by atoms with Crippen LogP contribution >= 0.6 is 0 Å². The average molecular weight is 228 g/mol. The summed E-state index contributed by atoms with van der Waals surface area (Å²) in [6, 6.07) is 12.5. The van der Waals surface area contributed by atoms with Crippen molar-refractivity contribution in [3.8, 4) is 17.1 Å². The molecule has 0 aliphatic rings. The van der Waals surface area contributed by atoms with Crippen molar-refractivity contribution < 1.29 is 9.53 Å². The molecule has 0 aliphatic carbocycles. The summed E-state index contributed by atoms with van der Waals surface area (Å²) in [6.07, 6.45) is 0.